The SMILES string of the molecule is CCC(=O)NCc1cc(S(=O)(=O)N2CCC[C@H]2C(=O)O)ccc1OC. The number of nitrogens with one attached hydrogen (secondary N) is 1. The number of carboxylic acids is 1. The minimum Gasteiger partial charge on any atom is -0.496 e. The maximum absolute atomic E-state index is 12.8. The van der Waals surface area contributed by atoms with Gasteiger partial charge in [0.1, 0.15) is 11.8 Å². The van der Waals surface area contributed by atoms with Crippen LogP contribution in [0.3, 0.4) is 0 Å². The summed E-state index contributed by atoms with van der Waals surface area (Å²) in [4.78, 5) is 22.7. The van der Waals surface area contributed by atoms with Gasteiger partial charge in [0.15, 0.2) is 0 Å². The highest BCUT2D eigenvalue weighted by molar-refractivity contribution is 7.89. The van der Waals surface area contributed by atoms with E-state index >= 15 is 0 Å². The molecule has 0 saturated carbocycles. The standard InChI is InChI=1S/C16H22N2O6S/c1-3-15(19)17-10-11-9-12(6-7-14(11)24-2)25(22,23)18-8-4-5-13(18)16(20)21/h6-7,9,13H,3-5,8,10H2,1-2H3,(H,17,19)(H,20,21)/t13-/m0/s1. The average molecular weight is 370 g/mol. The second-order valence-electron chi connectivity index (χ2n) is 5.72. The topological polar surface area (TPSA) is 113 Å². The summed E-state index contributed by atoms with van der Waals surface area (Å²) >= 11 is 0. The molecule has 9 heteroatoms. The Morgan fingerprint density at radius 1 is 1.40 bits per heavy atom. The van der Waals surface area contributed by atoms with Gasteiger partial charge in [0, 0.05) is 25.1 Å². The van der Waals surface area contributed by atoms with Crippen LogP contribution < -0.4 is 10.1 Å². The summed E-state index contributed by atoms with van der Waals surface area (Å²) in [7, 11) is -2.49. The van der Waals surface area contributed by atoms with Gasteiger partial charge in [0.25, 0.3) is 0 Å². The van der Waals surface area contributed by atoms with Crippen molar-refractivity contribution in [2.24, 2.45) is 0 Å². The summed E-state index contributed by atoms with van der Waals surface area (Å²) in [6.07, 6.45) is 1.12. The van der Waals surface area contributed by atoms with Gasteiger partial charge < -0.3 is 15.2 Å². The van der Waals surface area contributed by atoms with Gasteiger partial charge in [-0.25, -0.2) is 8.42 Å². The molecule has 8 nitrogen and oxygen atoms in total. The van der Waals surface area contributed by atoms with E-state index in [2.05, 4.69) is 5.32 Å². The fourth-order valence-corrected chi connectivity index (χ4v) is 4.48. The summed E-state index contributed by atoms with van der Waals surface area (Å²) in [5.74, 6) is -0.864. The molecule has 0 bridgehead atoms. The zero-order valence-corrected chi connectivity index (χ0v) is 15.0. The maximum Gasteiger partial charge on any atom is 0.322 e. The number of rotatable bonds is 7. The van der Waals surface area contributed by atoms with Gasteiger partial charge in [-0.3, -0.25) is 9.59 Å². The highest BCUT2D eigenvalue weighted by atomic mass is 32.2. The lowest BCUT2D eigenvalue weighted by molar-refractivity contribution is -0.140. The average Bonchev–Trinajstić information content (AvgIpc) is 3.10. The third-order valence-corrected chi connectivity index (χ3v) is 6.05. The molecule has 1 aliphatic rings. The Morgan fingerprint density at radius 3 is 2.72 bits per heavy atom. The van der Waals surface area contributed by atoms with Gasteiger partial charge in [0.05, 0.1) is 12.0 Å². The Labute approximate surface area is 146 Å². The molecule has 0 aliphatic carbocycles. The van der Waals surface area contributed by atoms with E-state index in [1.807, 2.05) is 0 Å². The summed E-state index contributed by atoms with van der Waals surface area (Å²) in [6, 6.07) is 3.26. The molecule has 1 fully saturated rings. The second-order valence-corrected chi connectivity index (χ2v) is 7.61. The van der Waals surface area contributed by atoms with Crippen molar-refractivity contribution in [3.05, 3.63) is 23.8 Å². The van der Waals surface area contributed by atoms with Gasteiger partial charge in [-0.2, -0.15) is 4.31 Å². The van der Waals surface area contributed by atoms with Crippen molar-refractivity contribution < 1.29 is 27.9 Å². The van der Waals surface area contributed by atoms with Crippen LogP contribution in [-0.2, 0) is 26.2 Å². The van der Waals surface area contributed by atoms with E-state index in [0.717, 1.165) is 4.31 Å². The molecule has 1 amide bonds. The van der Waals surface area contributed by atoms with E-state index in [4.69, 9.17) is 4.74 Å². The molecular formula is C16H22N2O6S. The van der Waals surface area contributed by atoms with Gasteiger partial charge in [-0.05, 0) is 31.0 Å². The molecule has 1 aromatic carbocycles. The first-order chi connectivity index (χ1) is 11.8. The van der Waals surface area contributed by atoms with Crippen LogP contribution in [0.2, 0.25) is 0 Å². The first-order valence-corrected chi connectivity index (χ1v) is 9.43. The van der Waals surface area contributed by atoms with Crippen molar-refractivity contribution in [3.8, 4) is 5.75 Å². The van der Waals surface area contributed by atoms with Gasteiger partial charge in [0.2, 0.25) is 15.9 Å². The van der Waals surface area contributed by atoms with Crippen molar-refractivity contribution >= 4 is 21.9 Å². The first-order valence-electron chi connectivity index (χ1n) is 7.99. The van der Waals surface area contributed by atoms with Crippen LogP contribution in [0.15, 0.2) is 23.1 Å². The molecule has 2 rings (SSSR count). The number of methoxy groups -OCH3 is 1. The zero-order chi connectivity index (χ0) is 18.6. The number of sulfonamides is 1. The van der Waals surface area contributed by atoms with Crippen molar-refractivity contribution in [2.75, 3.05) is 13.7 Å². The number of ether oxygens (including phenoxy) is 1. The predicted molar refractivity (Wildman–Crippen MR) is 89.7 cm³/mol. The zero-order valence-electron chi connectivity index (χ0n) is 14.2. The molecule has 0 aromatic heterocycles. The van der Waals surface area contributed by atoms with Crippen LogP contribution in [-0.4, -0.2) is 49.4 Å². The number of nitrogens with zero attached hydrogens (tertiary/aromatic N) is 1. The normalized spacial score (nSPS) is 18.1. The Bertz CT molecular complexity index is 762. The summed E-state index contributed by atoms with van der Waals surface area (Å²) in [6.45, 7) is 2.02. The fourth-order valence-electron chi connectivity index (χ4n) is 2.78. The van der Waals surface area contributed by atoms with Crippen LogP contribution in [0.4, 0.5) is 0 Å². The number of hydrogen-bond acceptors (Lipinski definition) is 5. The molecule has 0 unspecified atom stereocenters. The number of amides is 1. The largest absolute Gasteiger partial charge is 0.496 e. The van der Waals surface area contributed by atoms with Crippen LogP contribution >= 0.6 is 0 Å². The lowest BCUT2D eigenvalue weighted by atomic mass is 10.2. The number of hydrogen-bond donors (Lipinski definition) is 2. The molecule has 138 valence electrons. The molecule has 1 aromatic rings. The molecule has 25 heavy (non-hydrogen) atoms. The van der Waals surface area contributed by atoms with Crippen molar-refractivity contribution in [1.82, 2.24) is 9.62 Å². The smallest absolute Gasteiger partial charge is 0.322 e. The monoisotopic (exact) mass is 370 g/mol. The number of carbonyl (C=O) groups is 2. The molecule has 0 radical (unpaired) electrons. The second kappa shape index (κ2) is 7.83. The van der Waals surface area contributed by atoms with Gasteiger partial charge in [-0.15, -0.1) is 0 Å². The van der Waals surface area contributed by atoms with Crippen molar-refractivity contribution in [2.45, 2.75) is 43.7 Å². The Balaban J connectivity index is 2.34. The third kappa shape index (κ3) is 4.10. The fraction of sp³-hybridized carbons (Fsp3) is 0.500. The number of benzene rings is 1. The molecule has 1 atom stereocenters. The van der Waals surface area contributed by atoms with Gasteiger partial charge in [-0.1, -0.05) is 6.92 Å². The molecule has 1 saturated heterocycles. The van der Waals surface area contributed by atoms with Crippen molar-refractivity contribution in [1.29, 1.82) is 0 Å². The number of carboxylic acid groups (broad SMARTS) is 1. The Morgan fingerprint density at radius 2 is 2.12 bits per heavy atom. The highest BCUT2D eigenvalue weighted by Crippen LogP contribution is 2.29. The molecule has 2 N–H and O–H groups in total. The lowest BCUT2D eigenvalue weighted by Gasteiger charge is -2.21. The van der Waals surface area contributed by atoms with E-state index in [1.165, 1.54) is 25.3 Å². The molecule has 0 spiro atoms. The molecular weight excluding hydrogens is 348 g/mol. The van der Waals surface area contributed by atoms with Gasteiger partial charge >= 0.3 is 5.97 Å². The number of aliphatic carboxylic acids is 1. The maximum atomic E-state index is 12.8. The number of carbonyl (C=O) groups excluding carboxylic acids is 1. The first kappa shape index (κ1) is 19.2. The van der Waals surface area contributed by atoms with E-state index in [0.29, 0.717) is 30.6 Å². The minimum absolute atomic E-state index is 0.0119. The van der Waals surface area contributed by atoms with Crippen LogP contribution in [0.1, 0.15) is 31.7 Å². The Hall–Kier alpha value is -2.13. The predicted octanol–water partition coefficient (Wildman–Crippen LogP) is 0.959. The van der Waals surface area contributed by atoms with E-state index in [9.17, 15) is 23.1 Å². The summed E-state index contributed by atoms with van der Waals surface area (Å²) < 4.78 is 31.9. The van der Waals surface area contributed by atoms with Crippen LogP contribution in [0, 0.1) is 0 Å². The molecule has 1 heterocycles. The van der Waals surface area contributed by atoms with E-state index in [1.54, 1.807) is 6.92 Å². The summed E-state index contributed by atoms with van der Waals surface area (Å²) in [5.41, 5.74) is 0.511. The van der Waals surface area contributed by atoms with Crippen LogP contribution in [0.5, 0.6) is 5.75 Å². The summed E-state index contributed by atoms with van der Waals surface area (Å²) in [5, 5.41) is 11.9. The quantitative estimate of drug-likeness (QED) is 0.739. The van der Waals surface area contributed by atoms with E-state index < -0.39 is 22.0 Å². The third-order valence-electron chi connectivity index (χ3n) is 4.14. The highest BCUT2D eigenvalue weighted by Gasteiger charge is 2.39. The minimum atomic E-state index is -3.94. The Kier molecular flexibility index (Phi) is 6.02. The van der Waals surface area contributed by atoms with Crippen LogP contribution in [0.25, 0.3) is 0 Å². The lowest BCUT2D eigenvalue weighted by Crippen LogP contribution is -2.40. The molecule has 1 aliphatic heterocycles. The van der Waals surface area contributed by atoms with Crippen molar-refractivity contribution in [3.63, 3.8) is 0 Å². The van der Waals surface area contributed by atoms with E-state index in [-0.39, 0.29) is 23.9 Å².